The first-order valence-electron chi connectivity index (χ1n) is 7.48. The van der Waals surface area contributed by atoms with Crippen molar-refractivity contribution in [3.05, 3.63) is 82.0 Å². The van der Waals surface area contributed by atoms with Crippen LogP contribution in [0.3, 0.4) is 0 Å². The zero-order valence-electron chi connectivity index (χ0n) is 13.5. The number of benzene rings is 2. The summed E-state index contributed by atoms with van der Waals surface area (Å²) in [6.45, 7) is 1.82. The van der Waals surface area contributed by atoms with Crippen molar-refractivity contribution < 1.29 is 9.72 Å². The summed E-state index contributed by atoms with van der Waals surface area (Å²) in [4.78, 5) is 22.4. The molecule has 0 spiro atoms. The van der Waals surface area contributed by atoms with Crippen molar-refractivity contribution in [1.29, 1.82) is 5.26 Å². The Bertz CT molecular complexity index is 841. The molecule has 2 aromatic rings. The summed E-state index contributed by atoms with van der Waals surface area (Å²) in [5, 5.41) is 25.4. The van der Waals surface area contributed by atoms with Gasteiger partial charge in [0.15, 0.2) is 0 Å². The van der Waals surface area contributed by atoms with Crippen molar-refractivity contribution in [3.63, 3.8) is 0 Å². The maximum Gasteiger partial charge on any atom is 0.271 e. The summed E-state index contributed by atoms with van der Waals surface area (Å²) in [5.41, 5.74) is 1.11. The third-order valence-electron chi connectivity index (χ3n) is 3.45. The maximum atomic E-state index is 12.2. The molecule has 0 saturated carbocycles. The average Bonchev–Trinajstić information content (AvgIpc) is 2.63. The van der Waals surface area contributed by atoms with Gasteiger partial charge in [-0.15, -0.1) is 0 Å². The van der Waals surface area contributed by atoms with Crippen LogP contribution in [0.5, 0.6) is 0 Å². The van der Waals surface area contributed by atoms with Crippen LogP contribution in [0, 0.1) is 21.4 Å². The van der Waals surface area contributed by atoms with E-state index in [4.69, 9.17) is 0 Å². The van der Waals surface area contributed by atoms with E-state index in [2.05, 4.69) is 10.6 Å². The minimum absolute atomic E-state index is 0.0842. The first kappa shape index (κ1) is 17.7. The number of carbonyl (C=O) groups excluding carboxylic acids is 1. The molecule has 1 unspecified atom stereocenters. The van der Waals surface area contributed by atoms with E-state index in [0.717, 1.165) is 5.56 Å². The van der Waals surface area contributed by atoms with E-state index < -0.39 is 10.8 Å². The van der Waals surface area contributed by atoms with Gasteiger partial charge in [-0.05, 0) is 18.6 Å². The van der Waals surface area contributed by atoms with Crippen molar-refractivity contribution in [2.75, 3.05) is 5.32 Å². The Morgan fingerprint density at radius 2 is 1.96 bits per heavy atom. The SMILES string of the molecule is CC(NC(=O)/C(C#N)=C\Nc1cccc([N+](=O)[O-])c1)c1ccccc1. The lowest BCUT2D eigenvalue weighted by molar-refractivity contribution is -0.384. The van der Waals surface area contributed by atoms with Gasteiger partial charge in [-0.3, -0.25) is 14.9 Å². The number of nitro groups is 1. The molecular weight excluding hydrogens is 320 g/mol. The predicted octanol–water partition coefficient (Wildman–Crippen LogP) is 3.29. The summed E-state index contributed by atoms with van der Waals surface area (Å²) in [5.74, 6) is -0.531. The topological polar surface area (TPSA) is 108 Å². The summed E-state index contributed by atoms with van der Waals surface area (Å²) in [7, 11) is 0. The van der Waals surface area contributed by atoms with Crippen LogP contribution in [0.25, 0.3) is 0 Å². The van der Waals surface area contributed by atoms with Gasteiger partial charge in [0, 0.05) is 24.0 Å². The smallest absolute Gasteiger partial charge is 0.271 e. The van der Waals surface area contributed by atoms with Crippen molar-refractivity contribution >= 4 is 17.3 Å². The Morgan fingerprint density at radius 1 is 1.24 bits per heavy atom. The monoisotopic (exact) mass is 336 g/mol. The number of amides is 1. The van der Waals surface area contributed by atoms with Crippen LogP contribution in [0.15, 0.2) is 66.4 Å². The number of hydrogen-bond acceptors (Lipinski definition) is 5. The second kappa shape index (κ2) is 8.26. The molecule has 7 heteroatoms. The lowest BCUT2D eigenvalue weighted by Crippen LogP contribution is -2.28. The molecule has 0 aromatic heterocycles. The normalized spacial score (nSPS) is 11.9. The highest BCUT2D eigenvalue weighted by Gasteiger charge is 2.13. The molecule has 126 valence electrons. The highest BCUT2D eigenvalue weighted by Crippen LogP contribution is 2.17. The number of nitriles is 1. The molecule has 7 nitrogen and oxygen atoms in total. The Morgan fingerprint density at radius 3 is 2.60 bits per heavy atom. The fourth-order valence-electron chi connectivity index (χ4n) is 2.11. The number of rotatable bonds is 6. The second-order valence-corrected chi connectivity index (χ2v) is 5.23. The zero-order chi connectivity index (χ0) is 18.2. The summed E-state index contributed by atoms with van der Waals surface area (Å²) in [6.07, 6.45) is 1.23. The van der Waals surface area contributed by atoms with Crippen LogP contribution in [-0.4, -0.2) is 10.8 Å². The van der Waals surface area contributed by atoms with E-state index >= 15 is 0 Å². The largest absolute Gasteiger partial charge is 0.360 e. The quantitative estimate of drug-likeness (QED) is 0.364. The van der Waals surface area contributed by atoms with Crippen molar-refractivity contribution in [2.45, 2.75) is 13.0 Å². The lowest BCUT2D eigenvalue weighted by Gasteiger charge is -2.13. The van der Waals surface area contributed by atoms with E-state index in [0.29, 0.717) is 5.69 Å². The molecule has 0 aliphatic heterocycles. The molecule has 2 N–H and O–H groups in total. The number of nitrogens with zero attached hydrogens (tertiary/aromatic N) is 2. The number of carbonyl (C=O) groups is 1. The molecule has 1 amide bonds. The van der Waals surface area contributed by atoms with E-state index in [1.807, 2.05) is 43.3 Å². The summed E-state index contributed by atoms with van der Waals surface area (Å²) >= 11 is 0. The van der Waals surface area contributed by atoms with Gasteiger partial charge in [-0.1, -0.05) is 36.4 Å². The van der Waals surface area contributed by atoms with Gasteiger partial charge in [-0.25, -0.2) is 0 Å². The Labute approximate surface area is 144 Å². The van der Waals surface area contributed by atoms with E-state index in [9.17, 15) is 20.2 Å². The van der Waals surface area contributed by atoms with Crippen LogP contribution in [-0.2, 0) is 4.79 Å². The average molecular weight is 336 g/mol. The summed E-state index contributed by atoms with van der Waals surface area (Å²) in [6, 6.07) is 16.7. The Kier molecular flexibility index (Phi) is 5.85. The van der Waals surface area contributed by atoms with Crippen LogP contribution in [0.4, 0.5) is 11.4 Å². The van der Waals surface area contributed by atoms with Gasteiger partial charge in [0.05, 0.1) is 11.0 Å². The molecule has 0 heterocycles. The molecule has 0 radical (unpaired) electrons. The fraction of sp³-hybridized carbons (Fsp3) is 0.111. The molecule has 0 aliphatic rings. The third-order valence-corrected chi connectivity index (χ3v) is 3.45. The molecule has 1 atom stereocenters. The molecular formula is C18H16N4O3. The van der Waals surface area contributed by atoms with Crippen LogP contribution in [0.1, 0.15) is 18.5 Å². The number of anilines is 1. The maximum absolute atomic E-state index is 12.2. The highest BCUT2D eigenvalue weighted by molar-refractivity contribution is 5.97. The minimum atomic E-state index is -0.531. The molecule has 0 aliphatic carbocycles. The van der Waals surface area contributed by atoms with Crippen LogP contribution < -0.4 is 10.6 Å². The van der Waals surface area contributed by atoms with E-state index in [1.54, 1.807) is 6.07 Å². The van der Waals surface area contributed by atoms with E-state index in [1.165, 1.54) is 24.4 Å². The number of hydrogen-bond donors (Lipinski definition) is 2. The predicted molar refractivity (Wildman–Crippen MR) is 93.4 cm³/mol. The van der Waals surface area contributed by atoms with Crippen molar-refractivity contribution in [3.8, 4) is 6.07 Å². The number of non-ortho nitro benzene ring substituents is 1. The molecule has 0 saturated heterocycles. The van der Waals surface area contributed by atoms with Gasteiger partial charge in [0.1, 0.15) is 11.6 Å². The number of nitrogens with one attached hydrogen (secondary N) is 2. The minimum Gasteiger partial charge on any atom is -0.360 e. The van der Waals surface area contributed by atoms with Crippen molar-refractivity contribution in [2.24, 2.45) is 0 Å². The Balaban J connectivity index is 2.07. The highest BCUT2D eigenvalue weighted by atomic mass is 16.6. The fourth-order valence-corrected chi connectivity index (χ4v) is 2.11. The lowest BCUT2D eigenvalue weighted by atomic mass is 10.1. The molecule has 2 aromatic carbocycles. The molecule has 2 rings (SSSR count). The van der Waals surface area contributed by atoms with Gasteiger partial charge in [-0.2, -0.15) is 5.26 Å². The third kappa shape index (κ3) is 4.91. The van der Waals surface area contributed by atoms with Gasteiger partial charge < -0.3 is 10.6 Å². The van der Waals surface area contributed by atoms with Gasteiger partial charge >= 0.3 is 0 Å². The Hall–Kier alpha value is -3.66. The van der Waals surface area contributed by atoms with Crippen LogP contribution in [0.2, 0.25) is 0 Å². The van der Waals surface area contributed by atoms with Gasteiger partial charge in [0.2, 0.25) is 0 Å². The van der Waals surface area contributed by atoms with E-state index in [-0.39, 0.29) is 17.3 Å². The van der Waals surface area contributed by atoms with Crippen molar-refractivity contribution in [1.82, 2.24) is 5.32 Å². The molecule has 25 heavy (non-hydrogen) atoms. The van der Waals surface area contributed by atoms with Crippen LogP contribution >= 0.6 is 0 Å². The number of nitro benzene ring substituents is 1. The van der Waals surface area contributed by atoms with Gasteiger partial charge in [0.25, 0.3) is 11.6 Å². The first-order valence-corrected chi connectivity index (χ1v) is 7.48. The molecule has 0 bridgehead atoms. The zero-order valence-corrected chi connectivity index (χ0v) is 13.5. The standard InChI is InChI=1S/C18H16N4O3/c1-13(14-6-3-2-4-7-14)21-18(23)15(11-19)12-20-16-8-5-9-17(10-16)22(24)25/h2-10,12-13,20H,1H3,(H,21,23)/b15-12-. The summed E-state index contributed by atoms with van der Waals surface area (Å²) < 4.78 is 0. The second-order valence-electron chi connectivity index (χ2n) is 5.23. The first-order chi connectivity index (χ1) is 12.0. The molecule has 0 fully saturated rings.